The quantitative estimate of drug-likeness (QED) is 0.541. The molecule has 0 heterocycles. The third kappa shape index (κ3) is 5.21. The van der Waals surface area contributed by atoms with E-state index in [1.165, 1.54) is 5.56 Å². The van der Waals surface area contributed by atoms with Gasteiger partial charge in [0.15, 0.2) is 15.8 Å². The molecule has 0 atom stereocenters. The van der Waals surface area contributed by atoms with Crippen molar-refractivity contribution in [3.63, 3.8) is 0 Å². The normalized spacial score (nSPS) is 16.9. The molecule has 2 N–H and O–H groups in total. The number of hydrogen-bond donors (Lipinski definition) is 2. The lowest BCUT2D eigenvalue weighted by Gasteiger charge is -2.19. The van der Waals surface area contributed by atoms with Crippen molar-refractivity contribution in [1.29, 1.82) is 0 Å². The molecule has 0 aliphatic heterocycles. The second kappa shape index (κ2) is 7.66. The lowest BCUT2D eigenvalue weighted by atomic mass is 9.96. The molecule has 7 heteroatoms. The van der Waals surface area contributed by atoms with Crippen molar-refractivity contribution in [2.45, 2.75) is 25.2 Å². The van der Waals surface area contributed by atoms with Crippen LogP contribution in [0.4, 0.5) is 0 Å². The summed E-state index contributed by atoms with van der Waals surface area (Å²) in [4.78, 5) is 4.17. The van der Waals surface area contributed by atoms with Crippen LogP contribution in [0, 0.1) is 0 Å². The number of nitrogens with zero attached hydrogens (tertiary/aromatic N) is 1. The first kappa shape index (κ1) is 18.3. The highest BCUT2D eigenvalue weighted by Crippen LogP contribution is 2.48. The molecular weight excluding hydrogens is 378 g/mol. The van der Waals surface area contributed by atoms with E-state index in [1.54, 1.807) is 14.0 Å². The van der Waals surface area contributed by atoms with Crippen LogP contribution in [0.25, 0.3) is 0 Å². The van der Waals surface area contributed by atoms with Crippen LogP contribution in [0.2, 0.25) is 0 Å². The maximum atomic E-state index is 11.5. The lowest BCUT2D eigenvalue weighted by Crippen LogP contribution is -2.42. The van der Waals surface area contributed by atoms with Crippen molar-refractivity contribution in [1.82, 2.24) is 10.6 Å². The summed E-state index contributed by atoms with van der Waals surface area (Å²) in [5.41, 5.74) is 1.49. The Balaban J connectivity index is 1.86. The standard InChI is InChI=1S/C16H24BrN3O2S/c1-3-23(21,22)10-9-19-15(18-2)20-12-16(7-8-16)13-5-4-6-14(17)11-13/h4-6,11H,3,7-10,12H2,1-2H3,(H2,18,19,20). The van der Waals surface area contributed by atoms with Gasteiger partial charge in [-0.1, -0.05) is 35.0 Å². The van der Waals surface area contributed by atoms with Gasteiger partial charge < -0.3 is 10.6 Å². The van der Waals surface area contributed by atoms with Crippen LogP contribution in [0.1, 0.15) is 25.3 Å². The zero-order valence-corrected chi connectivity index (χ0v) is 16.0. The molecule has 128 valence electrons. The molecule has 1 aliphatic rings. The van der Waals surface area contributed by atoms with E-state index >= 15 is 0 Å². The molecule has 0 bridgehead atoms. The lowest BCUT2D eigenvalue weighted by molar-refractivity contribution is 0.595. The fraction of sp³-hybridized carbons (Fsp3) is 0.562. The molecule has 1 aromatic carbocycles. The molecule has 1 aliphatic carbocycles. The minimum Gasteiger partial charge on any atom is -0.356 e. The summed E-state index contributed by atoms with van der Waals surface area (Å²) < 4.78 is 24.1. The zero-order chi connectivity index (χ0) is 16.9. The van der Waals surface area contributed by atoms with Crippen LogP contribution in [0.3, 0.4) is 0 Å². The van der Waals surface area contributed by atoms with Gasteiger partial charge in [0.1, 0.15) is 0 Å². The second-order valence-corrected chi connectivity index (χ2v) is 9.27. The van der Waals surface area contributed by atoms with Gasteiger partial charge in [0.05, 0.1) is 5.75 Å². The van der Waals surface area contributed by atoms with Gasteiger partial charge in [0, 0.05) is 35.8 Å². The summed E-state index contributed by atoms with van der Waals surface area (Å²) in [7, 11) is -1.26. The molecule has 23 heavy (non-hydrogen) atoms. The molecule has 1 saturated carbocycles. The topological polar surface area (TPSA) is 70.6 Å². The molecule has 0 aromatic heterocycles. The average molecular weight is 402 g/mol. The summed E-state index contributed by atoms with van der Waals surface area (Å²) in [5, 5.41) is 6.40. The number of halogens is 1. The molecule has 2 rings (SSSR count). The van der Waals surface area contributed by atoms with Crippen LogP contribution in [0.15, 0.2) is 33.7 Å². The van der Waals surface area contributed by atoms with Crippen LogP contribution in [-0.2, 0) is 15.3 Å². The Morgan fingerprint density at radius 1 is 1.35 bits per heavy atom. The Hall–Kier alpha value is -1.08. The van der Waals surface area contributed by atoms with Crippen LogP contribution in [-0.4, -0.2) is 46.0 Å². The first-order valence-electron chi connectivity index (χ1n) is 7.82. The van der Waals surface area contributed by atoms with Crippen LogP contribution in [0.5, 0.6) is 0 Å². The molecule has 0 amide bonds. The number of hydrogen-bond acceptors (Lipinski definition) is 3. The highest BCUT2D eigenvalue weighted by molar-refractivity contribution is 9.10. The molecule has 0 saturated heterocycles. The molecule has 1 aromatic rings. The third-order valence-corrected chi connectivity index (χ3v) is 6.45. The summed E-state index contributed by atoms with van der Waals surface area (Å²) >= 11 is 3.52. The number of guanidine groups is 1. The van der Waals surface area contributed by atoms with E-state index in [-0.39, 0.29) is 16.9 Å². The molecule has 0 radical (unpaired) electrons. The Kier molecular flexibility index (Phi) is 6.08. The van der Waals surface area contributed by atoms with Gasteiger partial charge >= 0.3 is 0 Å². The molecule has 5 nitrogen and oxygen atoms in total. The SMILES string of the molecule is CCS(=O)(=O)CCNC(=NC)NCC1(c2cccc(Br)c2)CC1. The molecular formula is C16H24BrN3O2S. The van der Waals surface area contributed by atoms with Gasteiger partial charge in [0.2, 0.25) is 0 Å². The summed E-state index contributed by atoms with van der Waals surface area (Å²) in [5.74, 6) is 0.950. The van der Waals surface area contributed by atoms with E-state index in [4.69, 9.17) is 0 Å². The highest BCUT2D eigenvalue weighted by Gasteiger charge is 2.44. The average Bonchev–Trinajstić information content (AvgIpc) is 3.32. The predicted octanol–water partition coefficient (Wildman–Crippen LogP) is 2.08. The monoisotopic (exact) mass is 401 g/mol. The number of sulfone groups is 1. The first-order valence-corrected chi connectivity index (χ1v) is 10.4. The zero-order valence-electron chi connectivity index (χ0n) is 13.6. The number of nitrogens with one attached hydrogen (secondary N) is 2. The van der Waals surface area contributed by atoms with Gasteiger partial charge in [-0.25, -0.2) is 8.42 Å². The van der Waals surface area contributed by atoms with Crippen molar-refractivity contribution in [2.75, 3.05) is 31.6 Å². The van der Waals surface area contributed by atoms with Crippen molar-refractivity contribution >= 4 is 31.7 Å². The van der Waals surface area contributed by atoms with Crippen LogP contribution < -0.4 is 10.6 Å². The summed E-state index contributed by atoms with van der Waals surface area (Å²) in [6.45, 7) is 2.83. The van der Waals surface area contributed by atoms with Gasteiger partial charge in [-0.15, -0.1) is 0 Å². The first-order chi connectivity index (χ1) is 10.9. The highest BCUT2D eigenvalue weighted by atomic mass is 79.9. The van der Waals surface area contributed by atoms with E-state index < -0.39 is 9.84 Å². The van der Waals surface area contributed by atoms with Crippen molar-refractivity contribution in [2.24, 2.45) is 4.99 Å². The smallest absolute Gasteiger partial charge is 0.191 e. The van der Waals surface area contributed by atoms with Gasteiger partial charge in [-0.3, -0.25) is 4.99 Å². The fourth-order valence-corrected chi connectivity index (χ4v) is 3.58. The Morgan fingerprint density at radius 2 is 2.09 bits per heavy atom. The van der Waals surface area contributed by atoms with Crippen molar-refractivity contribution in [3.05, 3.63) is 34.3 Å². The van der Waals surface area contributed by atoms with Gasteiger partial charge in [0.25, 0.3) is 0 Å². The van der Waals surface area contributed by atoms with E-state index in [1.807, 2.05) is 6.07 Å². The fourth-order valence-electron chi connectivity index (χ4n) is 2.48. The van der Waals surface area contributed by atoms with E-state index in [0.29, 0.717) is 12.5 Å². The maximum Gasteiger partial charge on any atom is 0.191 e. The Bertz CT molecular complexity index is 670. The van der Waals surface area contributed by atoms with E-state index in [0.717, 1.165) is 23.9 Å². The van der Waals surface area contributed by atoms with E-state index in [2.05, 4.69) is 49.8 Å². The molecule has 1 fully saturated rings. The predicted molar refractivity (Wildman–Crippen MR) is 98.7 cm³/mol. The number of benzene rings is 1. The number of rotatable bonds is 7. The maximum absolute atomic E-state index is 11.5. The molecule has 0 spiro atoms. The van der Waals surface area contributed by atoms with Crippen LogP contribution >= 0.6 is 15.9 Å². The third-order valence-electron chi connectivity index (χ3n) is 4.25. The second-order valence-electron chi connectivity index (χ2n) is 5.88. The van der Waals surface area contributed by atoms with Gasteiger partial charge in [-0.2, -0.15) is 0 Å². The minimum atomic E-state index is -2.95. The summed E-state index contributed by atoms with van der Waals surface area (Å²) in [6, 6.07) is 8.41. The summed E-state index contributed by atoms with van der Waals surface area (Å²) in [6.07, 6.45) is 2.30. The van der Waals surface area contributed by atoms with Crippen molar-refractivity contribution < 1.29 is 8.42 Å². The minimum absolute atomic E-state index is 0.126. The Labute approximate surface area is 147 Å². The van der Waals surface area contributed by atoms with E-state index in [9.17, 15) is 8.42 Å². The van der Waals surface area contributed by atoms with Crippen molar-refractivity contribution in [3.8, 4) is 0 Å². The largest absolute Gasteiger partial charge is 0.356 e. The molecule has 0 unspecified atom stereocenters. The number of aliphatic imine (C=N–C) groups is 1. The Morgan fingerprint density at radius 3 is 2.65 bits per heavy atom. The van der Waals surface area contributed by atoms with Gasteiger partial charge in [-0.05, 0) is 30.5 Å².